The molecule has 0 bridgehead atoms. The second-order valence-corrected chi connectivity index (χ2v) is 6.58. The third kappa shape index (κ3) is 4.19. The Labute approximate surface area is 149 Å². The first-order valence-electron chi connectivity index (χ1n) is 7.82. The van der Waals surface area contributed by atoms with Crippen LogP contribution >= 0.6 is 11.3 Å². The van der Waals surface area contributed by atoms with Crippen LogP contribution in [0.4, 0.5) is 0 Å². The standard InChI is InChI=1S/C18H18N4O2S/c1-12-6-16(23)7-13(2)22(12)10-17(24)20-9-15-11-25-18(21-15)14-4-3-5-19-8-14/h3-8,11H,9-10H2,1-2H3,(H,20,24). The van der Waals surface area contributed by atoms with E-state index >= 15 is 0 Å². The number of amides is 1. The number of nitrogens with zero attached hydrogens (tertiary/aromatic N) is 3. The molecule has 1 N–H and O–H groups in total. The molecule has 0 aliphatic rings. The minimum absolute atomic E-state index is 0.0444. The van der Waals surface area contributed by atoms with Gasteiger partial charge in [-0.2, -0.15) is 0 Å². The van der Waals surface area contributed by atoms with E-state index in [0.29, 0.717) is 6.54 Å². The normalized spacial score (nSPS) is 10.6. The van der Waals surface area contributed by atoms with Gasteiger partial charge in [-0.05, 0) is 26.0 Å². The van der Waals surface area contributed by atoms with E-state index in [1.165, 1.54) is 23.5 Å². The Morgan fingerprint density at radius 1 is 1.28 bits per heavy atom. The molecular formula is C18H18N4O2S. The molecule has 0 saturated heterocycles. The molecule has 0 aliphatic carbocycles. The highest BCUT2D eigenvalue weighted by Crippen LogP contribution is 2.22. The SMILES string of the molecule is Cc1cc(=O)cc(C)n1CC(=O)NCc1csc(-c2cccnc2)n1. The van der Waals surface area contributed by atoms with Crippen molar-refractivity contribution in [3.8, 4) is 10.6 Å². The van der Waals surface area contributed by atoms with E-state index < -0.39 is 0 Å². The minimum atomic E-state index is -0.120. The number of thiazole rings is 1. The third-order valence-electron chi connectivity index (χ3n) is 3.78. The number of pyridine rings is 2. The molecule has 3 heterocycles. The van der Waals surface area contributed by atoms with E-state index in [-0.39, 0.29) is 17.9 Å². The molecule has 7 heteroatoms. The summed E-state index contributed by atoms with van der Waals surface area (Å²) in [5.41, 5.74) is 3.27. The summed E-state index contributed by atoms with van der Waals surface area (Å²) >= 11 is 1.52. The van der Waals surface area contributed by atoms with Crippen LogP contribution < -0.4 is 10.7 Å². The Hall–Kier alpha value is -2.80. The molecule has 0 radical (unpaired) electrons. The summed E-state index contributed by atoms with van der Waals surface area (Å²) in [5, 5.41) is 5.68. The van der Waals surface area contributed by atoms with Crippen LogP contribution in [0.15, 0.2) is 46.8 Å². The maximum Gasteiger partial charge on any atom is 0.240 e. The summed E-state index contributed by atoms with van der Waals surface area (Å²) in [5.74, 6) is -0.120. The Morgan fingerprint density at radius 2 is 2.04 bits per heavy atom. The number of carbonyl (C=O) groups is 1. The minimum Gasteiger partial charge on any atom is -0.349 e. The van der Waals surface area contributed by atoms with Crippen LogP contribution in [0.3, 0.4) is 0 Å². The summed E-state index contributed by atoms with van der Waals surface area (Å²) in [6.45, 7) is 4.19. The Bertz CT molecular complexity index is 921. The van der Waals surface area contributed by atoms with Gasteiger partial charge in [0, 0.05) is 46.9 Å². The quantitative estimate of drug-likeness (QED) is 0.763. The first kappa shape index (κ1) is 17.0. The topological polar surface area (TPSA) is 76.9 Å². The van der Waals surface area contributed by atoms with Gasteiger partial charge in [-0.25, -0.2) is 4.98 Å². The van der Waals surface area contributed by atoms with E-state index in [9.17, 15) is 9.59 Å². The second kappa shape index (κ2) is 7.40. The van der Waals surface area contributed by atoms with Gasteiger partial charge in [0.2, 0.25) is 5.91 Å². The Balaban J connectivity index is 1.62. The largest absolute Gasteiger partial charge is 0.349 e. The number of nitrogens with one attached hydrogen (secondary N) is 1. The number of carbonyl (C=O) groups excluding carboxylic acids is 1. The molecule has 0 atom stereocenters. The molecule has 0 spiro atoms. The van der Waals surface area contributed by atoms with Crippen LogP contribution in [-0.2, 0) is 17.9 Å². The van der Waals surface area contributed by atoms with Crippen molar-refractivity contribution in [2.75, 3.05) is 0 Å². The lowest BCUT2D eigenvalue weighted by molar-refractivity contribution is -0.121. The lowest BCUT2D eigenvalue weighted by Gasteiger charge is -2.13. The maximum absolute atomic E-state index is 12.2. The van der Waals surface area contributed by atoms with Crippen molar-refractivity contribution >= 4 is 17.2 Å². The van der Waals surface area contributed by atoms with Gasteiger partial charge in [-0.1, -0.05) is 0 Å². The fourth-order valence-corrected chi connectivity index (χ4v) is 3.35. The van der Waals surface area contributed by atoms with Gasteiger partial charge in [0.25, 0.3) is 0 Å². The summed E-state index contributed by atoms with van der Waals surface area (Å²) in [7, 11) is 0. The van der Waals surface area contributed by atoms with Crippen LogP contribution in [0.5, 0.6) is 0 Å². The van der Waals surface area contributed by atoms with Crippen LogP contribution in [0.25, 0.3) is 10.6 Å². The first-order chi connectivity index (χ1) is 12.0. The molecule has 25 heavy (non-hydrogen) atoms. The van der Waals surface area contributed by atoms with Crippen molar-refractivity contribution in [3.05, 3.63) is 69.3 Å². The third-order valence-corrected chi connectivity index (χ3v) is 4.72. The molecule has 1 amide bonds. The van der Waals surface area contributed by atoms with Crippen molar-refractivity contribution in [3.63, 3.8) is 0 Å². The Morgan fingerprint density at radius 3 is 2.72 bits per heavy atom. The number of hydrogen-bond acceptors (Lipinski definition) is 5. The number of hydrogen-bond donors (Lipinski definition) is 1. The lowest BCUT2D eigenvalue weighted by atomic mass is 10.3. The molecule has 0 aromatic carbocycles. The summed E-state index contributed by atoms with van der Waals surface area (Å²) < 4.78 is 1.82. The summed E-state index contributed by atoms with van der Waals surface area (Å²) in [6, 6.07) is 6.88. The monoisotopic (exact) mass is 354 g/mol. The lowest BCUT2D eigenvalue weighted by Crippen LogP contribution is -2.29. The highest BCUT2D eigenvalue weighted by molar-refractivity contribution is 7.13. The molecule has 128 valence electrons. The maximum atomic E-state index is 12.2. The molecule has 3 rings (SSSR count). The second-order valence-electron chi connectivity index (χ2n) is 5.72. The highest BCUT2D eigenvalue weighted by Gasteiger charge is 2.09. The van der Waals surface area contributed by atoms with Gasteiger partial charge >= 0.3 is 0 Å². The predicted molar refractivity (Wildman–Crippen MR) is 97.4 cm³/mol. The highest BCUT2D eigenvalue weighted by atomic mass is 32.1. The molecule has 0 aliphatic heterocycles. The molecule has 0 unspecified atom stereocenters. The zero-order valence-electron chi connectivity index (χ0n) is 14.0. The van der Waals surface area contributed by atoms with Gasteiger partial charge in [-0.3, -0.25) is 14.6 Å². The van der Waals surface area contributed by atoms with Crippen molar-refractivity contribution in [2.24, 2.45) is 0 Å². The van der Waals surface area contributed by atoms with E-state index in [1.54, 1.807) is 12.4 Å². The van der Waals surface area contributed by atoms with Gasteiger partial charge < -0.3 is 9.88 Å². The summed E-state index contributed by atoms with van der Waals surface area (Å²) in [6.07, 6.45) is 3.49. The average Bonchev–Trinajstić information content (AvgIpc) is 3.06. The van der Waals surface area contributed by atoms with Crippen molar-refractivity contribution < 1.29 is 4.79 Å². The van der Waals surface area contributed by atoms with E-state index in [1.807, 2.05) is 35.9 Å². The zero-order chi connectivity index (χ0) is 17.8. The van der Waals surface area contributed by atoms with Gasteiger partial charge in [0.05, 0.1) is 12.2 Å². The van der Waals surface area contributed by atoms with Gasteiger partial charge in [0.1, 0.15) is 11.6 Å². The smallest absolute Gasteiger partial charge is 0.240 e. The van der Waals surface area contributed by atoms with Crippen molar-refractivity contribution in [1.82, 2.24) is 19.9 Å². The average molecular weight is 354 g/mol. The zero-order valence-corrected chi connectivity index (χ0v) is 14.8. The number of aromatic nitrogens is 3. The van der Waals surface area contributed by atoms with E-state index in [4.69, 9.17) is 0 Å². The van der Waals surface area contributed by atoms with Crippen LogP contribution in [0.1, 0.15) is 17.1 Å². The van der Waals surface area contributed by atoms with Gasteiger partial charge in [0.15, 0.2) is 5.43 Å². The predicted octanol–water partition coefficient (Wildman–Crippen LogP) is 2.30. The van der Waals surface area contributed by atoms with Crippen LogP contribution in [0.2, 0.25) is 0 Å². The van der Waals surface area contributed by atoms with E-state index in [2.05, 4.69) is 15.3 Å². The fourth-order valence-electron chi connectivity index (χ4n) is 2.54. The summed E-state index contributed by atoms with van der Waals surface area (Å²) in [4.78, 5) is 32.3. The molecule has 3 aromatic heterocycles. The fraction of sp³-hybridized carbons (Fsp3) is 0.222. The Kier molecular flexibility index (Phi) is 5.04. The number of aryl methyl sites for hydroxylation is 2. The van der Waals surface area contributed by atoms with Crippen LogP contribution in [-0.4, -0.2) is 20.4 Å². The molecule has 3 aromatic rings. The molecule has 0 fully saturated rings. The van der Waals surface area contributed by atoms with Crippen molar-refractivity contribution in [2.45, 2.75) is 26.9 Å². The van der Waals surface area contributed by atoms with Crippen LogP contribution in [0, 0.1) is 13.8 Å². The van der Waals surface area contributed by atoms with Gasteiger partial charge in [-0.15, -0.1) is 11.3 Å². The van der Waals surface area contributed by atoms with E-state index in [0.717, 1.165) is 27.7 Å². The van der Waals surface area contributed by atoms with Crippen molar-refractivity contribution in [1.29, 1.82) is 0 Å². The first-order valence-corrected chi connectivity index (χ1v) is 8.70. The molecule has 6 nitrogen and oxygen atoms in total. The molecule has 0 saturated carbocycles. The molecular weight excluding hydrogens is 336 g/mol. The number of rotatable bonds is 5.